The van der Waals surface area contributed by atoms with Gasteiger partial charge in [-0.2, -0.15) is 0 Å². The van der Waals surface area contributed by atoms with Crippen molar-refractivity contribution < 1.29 is 14.3 Å². The van der Waals surface area contributed by atoms with Crippen LogP contribution in [-0.2, 0) is 14.3 Å². The van der Waals surface area contributed by atoms with E-state index in [1.807, 2.05) is 0 Å². The number of ketones is 1. The summed E-state index contributed by atoms with van der Waals surface area (Å²) >= 11 is 0. The normalized spacial score (nSPS) is 44.8. The fourth-order valence-corrected chi connectivity index (χ4v) is 4.13. The summed E-state index contributed by atoms with van der Waals surface area (Å²) in [6.45, 7) is 1.79. The van der Waals surface area contributed by atoms with Gasteiger partial charge in [0.2, 0.25) is 0 Å². The Morgan fingerprint density at radius 2 is 1.94 bits per heavy atom. The zero-order chi connectivity index (χ0) is 11.3. The summed E-state index contributed by atoms with van der Waals surface area (Å²) in [6.07, 6.45) is 5.29. The zero-order valence-electron chi connectivity index (χ0n) is 9.70. The maximum Gasteiger partial charge on any atom is 0.306 e. The number of esters is 1. The molecule has 0 saturated heterocycles. The average molecular weight is 222 g/mol. The molecule has 0 aliphatic heterocycles. The second-order valence-electron chi connectivity index (χ2n) is 5.73. The summed E-state index contributed by atoms with van der Waals surface area (Å²) in [6, 6.07) is 0. The number of hydrogen-bond acceptors (Lipinski definition) is 3. The predicted octanol–water partition coefficient (Wildman–Crippen LogP) is 2.09. The Labute approximate surface area is 95.5 Å². The molecule has 2 unspecified atom stereocenters. The Hall–Kier alpha value is -0.860. The van der Waals surface area contributed by atoms with Crippen LogP contribution in [0.3, 0.4) is 0 Å². The minimum absolute atomic E-state index is 0.191. The van der Waals surface area contributed by atoms with Crippen molar-refractivity contribution in [2.45, 2.75) is 51.0 Å². The SMILES string of the molecule is CCC(=O)OC12CC3CC(CC(C3)C1=O)C2. The zero-order valence-corrected chi connectivity index (χ0v) is 9.70. The Bertz CT molecular complexity index is 333. The number of rotatable bonds is 2. The van der Waals surface area contributed by atoms with Crippen LogP contribution < -0.4 is 0 Å². The summed E-state index contributed by atoms with van der Waals surface area (Å²) < 4.78 is 5.52. The lowest BCUT2D eigenvalue weighted by atomic mass is 9.53. The molecule has 4 rings (SSSR count). The smallest absolute Gasteiger partial charge is 0.306 e. The second-order valence-corrected chi connectivity index (χ2v) is 5.73. The molecular formula is C13H18O3. The number of Topliss-reactive ketones (excluding diaryl/α,β-unsaturated/α-hetero) is 1. The van der Waals surface area contributed by atoms with Crippen molar-refractivity contribution in [2.24, 2.45) is 17.8 Å². The predicted molar refractivity (Wildman–Crippen MR) is 57.7 cm³/mol. The number of ether oxygens (including phenoxy) is 1. The Morgan fingerprint density at radius 1 is 1.31 bits per heavy atom. The maximum absolute atomic E-state index is 12.3. The van der Waals surface area contributed by atoms with Gasteiger partial charge in [0.25, 0.3) is 0 Å². The molecule has 4 fully saturated rings. The lowest BCUT2D eigenvalue weighted by Gasteiger charge is -2.54. The van der Waals surface area contributed by atoms with Crippen molar-refractivity contribution in [2.75, 3.05) is 0 Å². The standard InChI is InChI=1S/C13H18O3/c1-2-11(14)16-13-6-8-3-9(7-13)5-10(4-8)12(13)15/h8-10H,2-7H2,1H3. The summed E-state index contributed by atoms with van der Waals surface area (Å²) in [5.74, 6) is 1.45. The topological polar surface area (TPSA) is 43.4 Å². The molecule has 88 valence electrons. The van der Waals surface area contributed by atoms with Gasteiger partial charge in [0.1, 0.15) is 0 Å². The third kappa shape index (κ3) is 1.33. The first-order chi connectivity index (χ1) is 7.63. The molecule has 4 bridgehead atoms. The van der Waals surface area contributed by atoms with Gasteiger partial charge in [0, 0.05) is 12.3 Å². The largest absolute Gasteiger partial charge is 0.451 e. The van der Waals surface area contributed by atoms with Gasteiger partial charge in [-0.15, -0.1) is 0 Å². The highest BCUT2D eigenvalue weighted by Crippen LogP contribution is 2.55. The summed E-state index contributed by atoms with van der Waals surface area (Å²) in [7, 11) is 0. The van der Waals surface area contributed by atoms with Crippen molar-refractivity contribution in [3.63, 3.8) is 0 Å². The second kappa shape index (κ2) is 3.31. The molecule has 0 aromatic rings. The van der Waals surface area contributed by atoms with Gasteiger partial charge in [-0.1, -0.05) is 6.92 Å². The lowest BCUT2D eigenvalue weighted by Crippen LogP contribution is -2.59. The highest BCUT2D eigenvalue weighted by atomic mass is 16.6. The van der Waals surface area contributed by atoms with E-state index >= 15 is 0 Å². The van der Waals surface area contributed by atoms with E-state index in [1.165, 1.54) is 6.42 Å². The van der Waals surface area contributed by atoms with E-state index in [-0.39, 0.29) is 17.7 Å². The fraction of sp³-hybridized carbons (Fsp3) is 0.846. The maximum atomic E-state index is 12.3. The van der Waals surface area contributed by atoms with Gasteiger partial charge in [-0.3, -0.25) is 9.59 Å². The van der Waals surface area contributed by atoms with E-state index in [0.29, 0.717) is 18.3 Å². The molecule has 4 aliphatic carbocycles. The van der Waals surface area contributed by atoms with Crippen molar-refractivity contribution in [1.82, 2.24) is 0 Å². The molecule has 0 spiro atoms. The molecule has 0 heterocycles. The molecule has 0 aromatic carbocycles. The third-order valence-corrected chi connectivity index (χ3v) is 4.56. The van der Waals surface area contributed by atoms with Crippen LogP contribution in [0.5, 0.6) is 0 Å². The Kier molecular flexibility index (Phi) is 2.13. The van der Waals surface area contributed by atoms with Gasteiger partial charge >= 0.3 is 5.97 Å². The summed E-state index contributed by atoms with van der Waals surface area (Å²) in [4.78, 5) is 23.7. The van der Waals surface area contributed by atoms with E-state index in [9.17, 15) is 9.59 Å². The van der Waals surface area contributed by atoms with Crippen LogP contribution in [-0.4, -0.2) is 17.4 Å². The van der Waals surface area contributed by atoms with Gasteiger partial charge < -0.3 is 4.74 Å². The molecule has 0 aromatic heterocycles. The van der Waals surface area contributed by atoms with Crippen molar-refractivity contribution >= 4 is 11.8 Å². The van der Waals surface area contributed by atoms with Crippen LogP contribution in [0.25, 0.3) is 0 Å². The van der Waals surface area contributed by atoms with E-state index in [1.54, 1.807) is 6.92 Å². The summed E-state index contributed by atoms with van der Waals surface area (Å²) in [5, 5.41) is 0. The molecule has 3 nitrogen and oxygen atoms in total. The molecule has 0 radical (unpaired) electrons. The van der Waals surface area contributed by atoms with Crippen LogP contribution in [0.1, 0.15) is 45.4 Å². The fourth-order valence-electron chi connectivity index (χ4n) is 4.13. The summed E-state index contributed by atoms with van der Waals surface area (Å²) in [5.41, 5.74) is -0.707. The van der Waals surface area contributed by atoms with Crippen molar-refractivity contribution in [1.29, 1.82) is 0 Å². The van der Waals surface area contributed by atoms with Crippen molar-refractivity contribution in [3.8, 4) is 0 Å². The van der Waals surface area contributed by atoms with E-state index in [0.717, 1.165) is 25.7 Å². The number of hydrogen-bond donors (Lipinski definition) is 0. The molecule has 16 heavy (non-hydrogen) atoms. The van der Waals surface area contributed by atoms with Crippen LogP contribution in [0.4, 0.5) is 0 Å². The Balaban J connectivity index is 1.88. The average Bonchev–Trinajstić information content (AvgIpc) is 2.24. The van der Waals surface area contributed by atoms with Gasteiger partial charge in [0.05, 0.1) is 0 Å². The first-order valence-corrected chi connectivity index (χ1v) is 6.39. The van der Waals surface area contributed by atoms with E-state index in [2.05, 4.69) is 0 Å². The number of carbonyl (C=O) groups is 2. The van der Waals surface area contributed by atoms with E-state index in [4.69, 9.17) is 4.74 Å². The molecule has 0 N–H and O–H groups in total. The van der Waals surface area contributed by atoms with Crippen LogP contribution >= 0.6 is 0 Å². The molecule has 4 aliphatic rings. The minimum Gasteiger partial charge on any atom is -0.451 e. The molecular weight excluding hydrogens is 204 g/mol. The minimum atomic E-state index is -0.707. The molecule has 4 saturated carbocycles. The highest BCUT2D eigenvalue weighted by molar-refractivity contribution is 5.93. The van der Waals surface area contributed by atoms with Crippen molar-refractivity contribution in [3.05, 3.63) is 0 Å². The first-order valence-electron chi connectivity index (χ1n) is 6.39. The van der Waals surface area contributed by atoms with Crippen LogP contribution in [0.2, 0.25) is 0 Å². The first kappa shape index (κ1) is 10.3. The monoisotopic (exact) mass is 222 g/mol. The van der Waals surface area contributed by atoms with Crippen LogP contribution in [0.15, 0.2) is 0 Å². The Morgan fingerprint density at radius 3 is 2.50 bits per heavy atom. The highest BCUT2D eigenvalue weighted by Gasteiger charge is 2.59. The lowest BCUT2D eigenvalue weighted by molar-refractivity contribution is -0.191. The quantitative estimate of drug-likeness (QED) is 0.672. The van der Waals surface area contributed by atoms with Gasteiger partial charge in [-0.05, 0) is 43.9 Å². The van der Waals surface area contributed by atoms with Gasteiger partial charge in [0.15, 0.2) is 11.4 Å². The van der Waals surface area contributed by atoms with E-state index < -0.39 is 5.60 Å². The van der Waals surface area contributed by atoms with Crippen LogP contribution in [0, 0.1) is 17.8 Å². The molecule has 2 atom stereocenters. The molecule has 0 amide bonds. The number of carbonyl (C=O) groups excluding carboxylic acids is 2. The molecule has 3 heteroatoms. The van der Waals surface area contributed by atoms with Gasteiger partial charge in [-0.25, -0.2) is 0 Å². The third-order valence-electron chi connectivity index (χ3n) is 4.56.